The van der Waals surface area contributed by atoms with Crippen molar-refractivity contribution >= 4 is 34.5 Å². The van der Waals surface area contributed by atoms with Crippen LogP contribution in [0.4, 0.5) is 0 Å². The predicted octanol–water partition coefficient (Wildman–Crippen LogP) is 4.27. The summed E-state index contributed by atoms with van der Waals surface area (Å²) in [6.45, 7) is 3.72. The molecule has 0 fully saturated rings. The molecule has 0 radical (unpaired) electrons. The summed E-state index contributed by atoms with van der Waals surface area (Å²) < 4.78 is 5.32. The van der Waals surface area contributed by atoms with Crippen molar-refractivity contribution in [3.8, 4) is 0 Å². The molecule has 0 bridgehead atoms. The molecule has 2 aliphatic heterocycles. The van der Waals surface area contributed by atoms with Crippen molar-refractivity contribution in [3.63, 3.8) is 0 Å². The Bertz CT molecular complexity index is 1240. The lowest BCUT2D eigenvalue weighted by molar-refractivity contribution is -0.139. The third-order valence-electron chi connectivity index (χ3n) is 5.49. The fourth-order valence-electron chi connectivity index (χ4n) is 4.16. The second-order valence-electron chi connectivity index (χ2n) is 7.28. The number of rotatable bonds is 3. The van der Waals surface area contributed by atoms with Gasteiger partial charge in [-0.1, -0.05) is 54.6 Å². The average Bonchev–Trinajstić information content (AvgIpc) is 3.16. The number of Topliss-reactive ketones (excluding diaryl/α,β-unsaturated/α-hetero) is 2. The van der Waals surface area contributed by atoms with E-state index >= 15 is 0 Å². The van der Waals surface area contributed by atoms with Crippen LogP contribution in [0.2, 0.25) is 0 Å². The van der Waals surface area contributed by atoms with E-state index in [1.807, 2.05) is 30.3 Å². The highest BCUT2D eigenvalue weighted by atomic mass is 32.2. The van der Waals surface area contributed by atoms with Gasteiger partial charge in [0.05, 0.1) is 28.8 Å². The van der Waals surface area contributed by atoms with Crippen LogP contribution >= 0.6 is 11.8 Å². The molecule has 0 N–H and O–H groups in total. The van der Waals surface area contributed by atoms with Gasteiger partial charge in [-0.05, 0) is 31.2 Å². The third-order valence-corrected chi connectivity index (χ3v) is 6.54. The minimum absolute atomic E-state index is 0.200. The van der Waals surface area contributed by atoms with Gasteiger partial charge in [0.15, 0.2) is 5.17 Å². The number of fused-ring (bicyclic) bond motifs is 3. The first-order valence-corrected chi connectivity index (χ1v) is 10.8. The molecule has 0 unspecified atom stereocenters. The topological polar surface area (TPSA) is 76.0 Å². The molecule has 6 nitrogen and oxygen atoms in total. The second-order valence-corrected chi connectivity index (χ2v) is 8.26. The summed E-state index contributed by atoms with van der Waals surface area (Å²) in [4.78, 5) is 46.3. The van der Waals surface area contributed by atoms with Gasteiger partial charge in [0, 0.05) is 11.1 Å². The first kappa shape index (κ1) is 19.5. The summed E-state index contributed by atoms with van der Waals surface area (Å²) in [7, 11) is 0. The van der Waals surface area contributed by atoms with Crippen LogP contribution in [0.3, 0.4) is 0 Å². The maximum absolute atomic E-state index is 13.5. The van der Waals surface area contributed by atoms with E-state index in [-0.39, 0.29) is 23.9 Å². The number of esters is 1. The van der Waals surface area contributed by atoms with Crippen molar-refractivity contribution in [1.29, 1.82) is 0 Å². The lowest BCUT2D eigenvalue weighted by Gasteiger charge is -2.36. The van der Waals surface area contributed by atoms with E-state index in [1.165, 1.54) is 11.8 Å². The standard InChI is InChI=1S/C24H18N2O4S/c1-3-30-23(29)17-13(2)25-24-26(18(17)14-9-5-4-6-10-14)19-20(27)15-11-7-8-12-16(15)21(28)22(19)31-24/h4-12,18H,3H2,1-2H3/t18-/m0/s1. The zero-order chi connectivity index (χ0) is 21.7. The first-order chi connectivity index (χ1) is 15.0. The smallest absolute Gasteiger partial charge is 0.338 e. The number of aliphatic imine (C=N–C) groups is 1. The minimum atomic E-state index is -0.616. The number of carbonyl (C=O) groups excluding carboxylic acids is 3. The number of hydrogen-bond donors (Lipinski definition) is 0. The number of amidine groups is 1. The van der Waals surface area contributed by atoms with Crippen LogP contribution in [-0.2, 0) is 9.53 Å². The number of nitrogens with zero attached hydrogens (tertiary/aromatic N) is 2. The summed E-state index contributed by atoms with van der Waals surface area (Å²) in [5.74, 6) is -0.924. The maximum atomic E-state index is 13.5. The van der Waals surface area contributed by atoms with Gasteiger partial charge in [0.2, 0.25) is 11.6 Å². The van der Waals surface area contributed by atoms with E-state index in [1.54, 1.807) is 43.0 Å². The van der Waals surface area contributed by atoms with Gasteiger partial charge in [0.25, 0.3) is 0 Å². The molecule has 2 aromatic carbocycles. The van der Waals surface area contributed by atoms with E-state index in [0.717, 1.165) is 5.56 Å². The first-order valence-electron chi connectivity index (χ1n) is 9.94. The Labute approximate surface area is 183 Å². The van der Waals surface area contributed by atoms with E-state index in [2.05, 4.69) is 4.99 Å². The molecule has 3 aliphatic rings. The lowest BCUT2D eigenvalue weighted by atomic mass is 9.89. The van der Waals surface area contributed by atoms with Crippen LogP contribution in [0.5, 0.6) is 0 Å². The van der Waals surface area contributed by atoms with Crippen molar-refractivity contribution in [2.75, 3.05) is 6.61 Å². The number of ketones is 2. The molecule has 0 saturated carbocycles. The summed E-state index contributed by atoms with van der Waals surface area (Å²) in [5, 5.41) is 0.513. The highest BCUT2D eigenvalue weighted by Crippen LogP contribution is 2.50. The van der Waals surface area contributed by atoms with Crippen LogP contribution < -0.4 is 0 Å². The van der Waals surface area contributed by atoms with Gasteiger partial charge < -0.3 is 9.64 Å². The molecule has 0 saturated heterocycles. The molecule has 2 aromatic rings. The molecular formula is C24H18N2O4S. The van der Waals surface area contributed by atoms with Crippen molar-refractivity contribution in [3.05, 3.63) is 93.2 Å². The van der Waals surface area contributed by atoms with Gasteiger partial charge in [-0.25, -0.2) is 9.79 Å². The van der Waals surface area contributed by atoms with Crippen molar-refractivity contribution in [1.82, 2.24) is 4.90 Å². The summed E-state index contributed by atoms with van der Waals surface area (Å²) in [6.07, 6.45) is 0. The lowest BCUT2D eigenvalue weighted by Crippen LogP contribution is -2.39. The number of benzene rings is 2. The van der Waals surface area contributed by atoms with Crippen LogP contribution in [0.25, 0.3) is 0 Å². The summed E-state index contributed by atoms with van der Waals surface area (Å²) >= 11 is 1.18. The highest BCUT2D eigenvalue weighted by Gasteiger charge is 2.49. The number of ether oxygens (including phenoxy) is 1. The van der Waals surface area contributed by atoms with Crippen molar-refractivity contribution in [2.24, 2.45) is 4.99 Å². The minimum Gasteiger partial charge on any atom is -0.463 e. The number of allylic oxidation sites excluding steroid dienone is 3. The number of carbonyl (C=O) groups is 3. The number of thioether (sulfide) groups is 1. The van der Waals surface area contributed by atoms with Crippen LogP contribution in [0.1, 0.15) is 46.2 Å². The SMILES string of the molecule is CCOC(=O)C1=C(C)N=C2SC3=C(C(=O)c4ccccc4C3=O)N2[C@H]1c1ccccc1. The van der Waals surface area contributed by atoms with Crippen LogP contribution in [-0.4, -0.2) is 34.2 Å². The Morgan fingerprint density at radius 2 is 1.68 bits per heavy atom. The van der Waals surface area contributed by atoms with Gasteiger partial charge in [-0.2, -0.15) is 0 Å². The van der Waals surface area contributed by atoms with Crippen molar-refractivity contribution < 1.29 is 19.1 Å². The number of hydrogen-bond acceptors (Lipinski definition) is 7. The average molecular weight is 430 g/mol. The molecule has 7 heteroatoms. The molecule has 0 aromatic heterocycles. The Balaban J connectivity index is 1.72. The molecule has 1 atom stereocenters. The molecule has 1 aliphatic carbocycles. The Hall–Kier alpha value is -3.45. The zero-order valence-corrected chi connectivity index (χ0v) is 17.7. The van der Waals surface area contributed by atoms with Gasteiger partial charge in [-0.15, -0.1) is 0 Å². The second kappa shape index (κ2) is 7.35. The van der Waals surface area contributed by atoms with E-state index < -0.39 is 12.0 Å². The fraction of sp³-hybridized carbons (Fsp3) is 0.167. The molecule has 2 heterocycles. The third kappa shape index (κ3) is 2.88. The molecule has 0 spiro atoms. The van der Waals surface area contributed by atoms with Gasteiger partial charge >= 0.3 is 5.97 Å². The Morgan fingerprint density at radius 3 is 2.35 bits per heavy atom. The molecule has 31 heavy (non-hydrogen) atoms. The monoisotopic (exact) mass is 430 g/mol. The highest BCUT2D eigenvalue weighted by molar-refractivity contribution is 8.18. The quantitative estimate of drug-likeness (QED) is 0.677. The Kier molecular flexibility index (Phi) is 4.63. The Morgan fingerprint density at radius 1 is 1.03 bits per heavy atom. The van der Waals surface area contributed by atoms with Crippen LogP contribution in [0, 0.1) is 0 Å². The zero-order valence-electron chi connectivity index (χ0n) is 16.9. The summed E-state index contributed by atoms with van der Waals surface area (Å²) in [5.41, 5.74) is 2.73. The molecular weight excluding hydrogens is 412 g/mol. The van der Waals surface area contributed by atoms with Gasteiger partial charge in [-0.3, -0.25) is 9.59 Å². The fourth-order valence-corrected chi connectivity index (χ4v) is 5.31. The maximum Gasteiger partial charge on any atom is 0.338 e. The summed E-state index contributed by atoms with van der Waals surface area (Å²) in [6, 6.07) is 15.6. The van der Waals surface area contributed by atoms with E-state index in [4.69, 9.17) is 4.74 Å². The van der Waals surface area contributed by atoms with Gasteiger partial charge in [0.1, 0.15) is 5.70 Å². The van der Waals surface area contributed by atoms with E-state index in [9.17, 15) is 14.4 Å². The molecule has 154 valence electrons. The van der Waals surface area contributed by atoms with Crippen molar-refractivity contribution in [2.45, 2.75) is 19.9 Å². The molecule has 5 rings (SSSR count). The predicted molar refractivity (Wildman–Crippen MR) is 118 cm³/mol. The van der Waals surface area contributed by atoms with Crippen LogP contribution in [0.15, 0.2) is 81.5 Å². The normalized spacial score (nSPS) is 19.7. The molecule has 0 amide bonds. The van der Waals surface area contributed by atoms with E-state index in [0.29, 0.717) is 32.5 Å². The largest absolute Gasteiger partial charge is 0.463 e.